The van der Waals surface area contributed by atoms with E-state index in [1.165, 1.54) is 0 Å². The number of nitrogens with zero attached hydrogens (tertiary/aromatic N) is 1. The minimum Gasteiger partial charge on any atom is -0.506 e. The number of aromatic nitrogens is 1. The molecule has 1 aromatic heterocycles. The number of carbonyl (C=O) groups excluding carboxylic acids is 2. The average Bonchev–Trinajstić information content (AvgIpc) is 2.40. The molecule has 1 unspecified atom stereocenters. The number of hydrogen-bond acceptors (Lipinski definition) is 4. The van der Waals surface area contributed by atoms with Crippen LogP contribution in [0.15, 0.2) is 24.3 Å². The van der Waals surface area contributed by atoms with Crippen LogP contribution >= 0.6 is 0 Å². The molecule has 3 rings (SSSR count). The van der Waals surface area contributed by atoms with Gasteiger partial charge in [-0.15, -0.1) is 0 Å². The van der Waals surface area contributed by atoms with Gasteiger partial charge in [-0.2, -0.15) is 0 Å². The minimum absolute atomic E-state index is 0.125. The van der Waals surface area contributed by atoms with Crippen molar-refractivity contribution in [3.8, 4) is 5.75 Å². The van der Waals surface area contributed by atoms with Crippen LogP contribution in [0.2, 0.25) is 0 Å². The van der Waals surface area contributed by atoms with Crippen molar-refractivity contribution in [1.29, 1.82) is 0 Å². The summed E-state index contributed by atoms with van der Waals surface area (Å²) in [5.41, 5.74) is 2.04. The SMILES string of the molecule is Cc1nc2c(O)cccc2cc1C1CCC(=O)NC1=O. The molecule has 1 aromatic carbocycles. The molecule has 2 amide bonds. The molecular weight excluding hydrogens is 256 g/mol. The van der Waals surface area contributed by atoms with E-state index in [2.05, 4.69) is 10.3 Å². The lowest BCUT2D eigenvalue weighted by Crippen LogP contribution is -2.39. The van der Waals surface area contributed by atoms with Crippen LogP contribution in [0.3, 0.4) is 0 Å². The van der Waals surface area contributed by atoms with Gasteiger partial charge in [-0.05, 0) is 31.0 Å². The Hall–Kier alpha value is -2.43. The van der Waals surface area contributed by atoms with Gasteiger partial charge in [0, 0.05) is 17.5 Å². The quantitative estimate of drug-likeness (QED) is 0.774. The Morgan fingerprint density at radius 1 is 1.35 bits per heavy atom. The van der Waals surface area contributed by atoms with Crippen LogP contribution in [-0.2, 0) is 9.59 Å². The maximum atomic E-state index is 12.0. The Bertz CT molecular complexity index is 724. The van der Waals surface area contributed by atoms with Gasteiger partial charge in [-0.3, -0.25) is 14.9 Å². The third kappa shape index (κ3) is 2.01. The third-order valence-corrected chi connectivity index (χ3v) is 3.67. The largest absolute Gasteiger partial charge is 0.506 e. The van der Waals surface area contributed by atoms with Crippen LogP contribution in [0, 0.1) is 6.92 Å². The fourth-order valence-corrected chi connectivity index (χ4v) is 2.63. The van der Waals surface area contributed by atoms with E-state index in [1.54, 1.807) is 12.1 Å². The molecule has 0 radical (unpaired) electrons. The van der Waals surface area contributed by atoms with Crippen molar-refractivity contribution in [1.82, 2.24) is 10.3 Å². The van der Waals surface area contributed by atoms with Gasteiger partial charge in [0.2, 0.25) is 11.8 Å². The first-order valence-corrected chi connectivity index (χ1v) is 6.49. The fourth-order valence-electron chi connectivity index (χ4n) is 2.63. The summed E-state index contributed by atoms with van der Waals surface area (Å²) in [6.07, 6.45) is 0.839. The van der Waals surface area contributed by atoms with Crippen molar-refractivity contribution >= 4 is 22.7 Å². The van der Waals surface area contributed by atoms with Crippen molar-refractivity contribution in [3.05, 3.63) is 35.5 Å². The summed E-state index contributed by atoms with van der Waals surface area (Å²) in [5, 5.41) is 12.9. The first-order valence-electron chi connectivity index (χ1n) is 6.49. The standard InChI is InChI=1S/C15H14N2O3/c1-8-11(10-5-6-13(19)17-15(10)20)7-9-3-2-4-12(18)14(9)16-8/h2-4,7,10,18H,5-6H2,1H3,(H,17,19,20). The number of para-hydroxylation sites is 1. The van der Waals surface area contributed by atoms with Gasteiger partial charge in [0.05, 0.1) is 5.92 Å². The zero-order valence-electron chi connectivity index (χ0n) is 11.0. The number of phenols is 1. The van der Waals surface area contributed by atoms with Crippen molar-refractivity contribution in [2.75, 3.05) is 0 Å². The molecule has 1 atom stereocenters. The van der Waals surface area contributed by atoms with Crippen LogP contribution < -0.4 is 5.32 Å². The van der Waals surface area contributed by atoms with Crippen LogP contribution in [-0.4, -0.2) is 21.9 Å². The fraction of sp³-hybridized carbons (Fsp3) is 0.267. The van der Waals surface area contributed by atoms with Crippen molar-refractivity contribution in [2.24, 2.45) is 0 Å². The number of hydrogen-bond donors (Lipinski definition) is 2. The molecule has 5 heteroatoms. The Morgan fingerprint density at radius 3 is 2.90 bits per heavy atom. The number of pyridine rings is 1. The molecule has 2 heterocycles. The van der Waals surface area contributed by atoms with E-state index in [9.17, 15) is 14.7 Å². The number of aromatic hydroxyl groups is 1. The number of fused-ring (bicyclic) bond motifs is 1. The molecule has 0 bridgehead atoms. The van der Waals surface area contributed by atoms with Crippen molar-refractivity contribution in [3.63, 3.8) is 0 Å². The Morgan fingerprint density at radius 2 is 2.15 bits per heavy atom. The lowest BCUT2D eigenvalue weighted by Gasteiger charge is -2.22. The summed E-state index contributed by atoms with van der Waals surface area (Å²) in [7, 11) is 0. The molecule has 1 fully saturated rings. The summed E-state index contributed by atoms with van der Waals surface area (Å²) in [6.45, 7) is 1.81. The topological polar surface area (TPSA) is 79.3 Å². The van der Waals surface area contributed by atoms with Crippen LogP contribution in [0.1, 0.15) is 30.0 Å². The predicted molar refractivity (Wildman–Crippen MR) is 73.3 cm³/mol. The minimum atomic E-state index is -0.355. The zero-order valence-corrected chi connectivity index (χ0v) is 11.0. The van der Waals surface area contributed by atoms with Gasteiger partial charge < -0.3 is 5.11 Å². The number of amides is 2. The molecule has 0 saturated carbocycles. The predicted octanol–water partition coefficient (Wildman–Crippen LogP) is 1.77. The first kappa shape index (κ1) is 12.6. The number of piperidine rings is 1. The summed E-state index contributed by atoms with van der Waals surface area (Å²) in [4.78, 5) is 27.6. The third-order valence-electron chi connectivity index (χ3n) is 3.67. The molecular formula is C15H14N2O3. The van der Waals surface area contributed by atoms with Crippen LogP contribution in [0.25, 0.3) is 10.9 Å². The molecule has 0 spiro atoms. The van der Waals surface area contributed by atoms with E-state index in [0.717, 1.165) is 10.9 Å². The smallest absolute Gasteiger partial charge is 0.234 e. The molecule has 0 aliphatic carbocycles. The summed E-state index contributed by atoms with van der Waals surface area (Å²) >= 11 is 0. The average molecular weight is 270 g/mol. The van der Waals surface area contributed by atoms with E-state index >= 15 is 0 Å². The van der Waals surface area contributed by atoms with Crippen LogP contribution in [0.5, 0.6) is 5.75 Å². The molecule has 102 valence electrons. The number of phenolic OH excluding ortho intramolecular Hbond substituents is 1. The number of aryl methyl sites for hydroxylation is 1. The second-order valence-corrected chi connectivity index (χ2v) is 5.02. The Labute approximate surface area is 115 Å². The second-order valence-electron chi connectivity index (χ2n) is 5.02. The highest BCUT2D eigenvalue weighted by molar-refractivity contribution is 6.01. The van der Waals surface area contributed by atoms with Gasteiger partial charge >= 0.3 is 0 Å². The van der Waals surface area contributed by atoms with E-state index in [4.69, 9.17) is 0 Å². The number of carbonyl (C=O) groups is 2. The maximum Gasteiger partial charge on any atom is 0.234 e. The first-order chi connectivity index (χ1) is 9.56. The van der Waals surface area contributed by atoms with E-state index in [0.29, 0.717) is 24.1 Å². The van der Waals surface area contributed by atoms with Gasteiger partial charge in [-0.1, -0.05) is 12.1 Å². The highest BCUT2D eigenvalue weighted by Crippen LogP contribution is 2.31. The molecule has 2 N–H and O–H groups in total. The van der Waals surface area contributed by atoms with Gasteiger partial charge in [0.1, 0.15) is 11.3 Å². The van der Waals surface area contributed by atoms with Gasteiger partial charge in [0.25, 0.3) is 0 Å². The summed E-state index contributed by atoms with van der Waals surface area (Å²) < 4.78 is 0. The van der Waals surface area contributed by atoms with Crippen molar-refractivity contribution < 1.29 is 14.7 Å². The van der Waals surface area contributed by atoms with Gasteiger partial charge in [-0.25, -0.2) is 4.98 Å². The summed E-state index contributed by atoms with van der Waals surface area (Å²) in [6, 6.07) is 7.04. The monoisotopic (exact) mass is 270 g/mol. The van der Waals surface area contributed by atoms with Crippen molar-refractivity contribution in [2.45, 2.75) is 25.7 Å². The highest BCUT2D eigenvalue weighted by atomic mass is 16.3. The number of nitrogens with one attached hydrogen (secondary N) is 1. The highest BCUT2D eigenvalue weighted by Gasteiger charge is 2.29. The second kappa shape index (κ2) is 4.59. The molecule has 1 saturated heterocycles. The molecule has 1 aliphatic rings. The normalized spacial score (nSPS) is 19.1. The number of imide groups is 1. The Kier molecular flexibility index (Phi) is 2.89. The number of rotatable bonds is 1. The maximum absolute atomic E-state index is 12.0. The number of benzene rings is 1. The van der Waals surface area contributed by atoms with E-state index < -0.39 is 0 Å². The van der Waals surface area contributed by atoms with Crippen LogP contribution in [0.4, 0.5) is 0 Å². The van der Waals surface area contributed by atoms with E-state index in [-0.39, 0.29) is 23.5 Å². The molecule has 5 nitrogen and oxygen atoms in total. The molecule has 2 aromatic rings. The zero-order chi connectivity index (χ0) is 14.3. The van der Waals surface area contributed by atoms with E-state index in [1.807, 2.05) is 19.1 Å². The molecule has 20 heavy (non-hydrogen) atoms. The summed E-state index contributed by atoms with van der Waals surface area (Å²) in [5.74, 6) is -0.728. The molecule has 1 aliphatic heterocycles. The lowest BCUT2D eigenvalue weighted by molar-refractivity contribution is -0.134. The lowest BCUT2D eigenvalue weighted by atomic mass is 9.89. The van der Waals surface area contributed by atoms with Gasteiger partial charge in [0.15, 0.2) is 0 Å². The Balaban J connectivity index is 2.10.